The molecule has 1 amide bonds. The van der Waals surface area contributed by atoms with Gasteiger partial charge in [-0.25, -0.2) is 9.97 Å². The number of likely N-dealkylation sites (tertiary alicyclic amines) is 1. The van der Waals surface area contributed by atoms with E-state index in [0.29, 0.717) is 12.4 Å². The van der Waals surface area contributed by atoms with Crippen molar-refractivity contribution in [3.05, 3.63) is 37.1 Å². The number of anilines is 2. The maximum atomic E-state index is 11.9. The molecule has 0 radical (unpaired) electrons. The summed E-state index contributed by atoms with van der Waals surface area (Å²) in [5.41, 5.74) is 2.54. The predicted molar refractivity (Wildman–Crippen MR) is 100 cm³/mol. The van der Waals surface area contributed by atoms with Crippen molar-refractivity contribution in [1.82, 2.24) is 34.4 Å². The van der Waals surface area contributed by atoms with Gasteiger partial charge in [0, 0.05) is 50.7 Å². The molecule has 0 spiro atoms. The second-order valence-corrected chi connectivity index (χ2v) is 6.70. The summed E-state index contributed by atoms with van der Waals surface area (Å²) in [7, 11) is 1.86. The Morgan fingerprint density at radius 2 is 2.11 bits per heavy atom. The molecule has 0 unspecified atom stereocenters. The van der Waals surface area contributed by atoms with E-state index in [1.165, 1.54) is 0 Å². The van der Waals surface area contributed by atoms with Crippen molar-refractivity contribution < 1.29 is 4.79 Å². The number of rotatable bonds is 6. The van der Waals surface area contributed by atoms with Crippen molar-refractivity contribution in [1.29, 1.82) is 0 Å². The Balaban J connectivity index is 1.43. The van der Waals surface area contributed by atoms with Crippen LogP contribution in [0.1, 0.15) is 25.8 Å². The van der Waals surface area contributed by atoms with Gasteiger partial charge in [0.05, 0.1) is 29.8 Å². The first-order chi connectivity index (χ1) is 13.1. The molecular weight excluding hydrogens is 344 g/mol. The zero-order valence-electron chi connectivity index (χ0n) is 15.4. The number of amides is 1. The van der Waals surface area contributed by atoms with Crippen LogP contribution in [0.3, 0.4) is 0 Å². The minimum atomic E-state index is 0.225. The van der Waals surface area contributed by atoms with Crippen LogP contribution in [0.15, 0.2) is 37.1 Å². The smallest absolute Gasteiger partial charge is 0.227 e. The van der Waals surface area contributed by atoms with Crippen LogP contribution >= 0.6 is 0 Å². The van der Waals surface area contributed by atoms with E-state index in [9.17, 15) is 4.79 Å². The molecule has 1 N–H and O–H groups in total. The number of aromatic nitrogens is 6. The fourth-order valence-electron chi connectivity index (χ4n) is 3.06. The van der Waals surface area contributed by atoms with Crippen LogP contribution in [0, 0.1) is 0 Å². The molecule has 0 atom stereocenters. The third kappa shape index (κ3) is 3.67. The minimum Gasteiger partial charge on any atom is -0.338 e. The van der Waals surface area contributed by atoms with E-state index in [4.69, 9.17) is 0 Å². The van der Waals surface area contributed by atoms with Crippen molar-refractivity contribution in [2.24, 2.45) is 7.05 Å². The molecule has 9 heteroatoms. The van der Waals surface area contributed by atoms with Gasteiger partial charge < -0.3 is 10.2 Å². The monoisotopic (exact) mass is 366 g/mol. The first-order valence-electron chi connectivity index (χ1n) is 9.03. The highest BCUT2D eigenvalue weighted by atomic mass is 16.2. The zero-order valence-corrected chi connectivity index (χ0v) is 15.4. The van der Waals surface area contributed by atoms with Crippen LogP contribution in [-0.4, -0.2) is 53.4 Å². The molecule has 1 aliphatic rings. The molecule has 140 valence electrons. The molecule has 1 saturated heterocycles. The highest BCUT2D eigenvalue weighted by molar-refractivity contribution is 5.77. The van der Waals surface area contributed by atoms with Crippen molar-refractivity contribution >= 4 is 17.5 Å². The van der Waals surface area contributed by atoms with Gasteiger partial charge in [-0.2, -0.15) is 10.2 Å². The van der Waals surface area contributed by atoms with E-state index in [0.717, 1.165) is 36.5 Å². The van der Waals surface area contributed by atoms with E-state index in [1.54, 1.807) is 23.3 Å². The lowest BCUT2D eigenvalue weighted by atomic mass is 10.1. The molecule has 4 rings (SSSR count). The average Bonchev–Trinajstić information content (AvgIpc) is 3.24. The first-order valence-corrected chi connectivity index (χ1v) is 9.03. The summed E-state index contributed by atoms with van der Waals surface area (Å²) in [6.07, 6.45) is 10.6. The highest BCUT2D eigenvalue weighted by Gasteiger charge is 2.31. The number of carbonyl (C=O) groups is 1. The van der Waals surface area contributed by atoms with Crippen molar-refractivity contribution in [2.45, 2.75) is 25.8 Å². The maximum absolute atomic E-state index is 11.9. The summed E-state index contributed by atoms with van der Waals surface area (Å²) in [5, 5.41) is 11.7. The summed E-state index contributed by atoms with van der Waals surface area (Å²) >= 11 is 0. The molecule has 0 aromatic carbocycles. The normalized spacial score (nSPS) is 14.2. The van der Waals surface area contributed by atoms with Crippen LogP contribution in [0.2, 0.25) is 0 Å². The molecule has 3 aromatic heterocycles. The van der Waals surface area contributed by atoms with E-state index < -0.39 is 0 Å². The minimum absolute atomic E-state index is 0.225. The Kier molecular flexibility index (Phi) is 4.57. The summed E-state index contributed by atoms with van der Waals surface area (Å²) in [4.78, 5) is 22.6. The second kappa shape index (κ2) is 7.18. The second-order valence-electron chi connectivity index (χ2n) is 6.70. The topological polar surface area (TPSA) is 93.8 Å². The first kappa shape index (κ1) is 17.2. The molecule has 1 fully saturated rings. The largest absolute Gasteiger partial charge is 0.338 e. The number of hydrogen-bond acceptors (Lipinski definition) is 6. The molecule has 1 aliphatic heterocycles. The lowest BCUT2D eigenvalue weighted by molar-refractivity contribution is -0.137. The number of carbonyl (C=O) groups excluding carboxylic acids is 1. The zero-order chi connectivity index (χ0) is 18.8. The Labute approximate surface area is 157 Å². The van der Waals surface area contributed by atoms with Crippen molar-refractivity contribution in [3.8, 4) is 11.3 Å². The van der Waals surface area contributed by atoms with Gasteiger partial charge in [0.15, 0.2) is 0 Å². The molecule has 3 aromatic rings. The summed E-state index contributed by atoms with van der Waals surface area (Å²) in [5.74, 6) is 0.733. The third-order valence-electron chi connectivity index (χ3n) is 4.57. The van der Waals surface area contributed by atoms with Gasteiger partial charge in [0.2, 0.25) is 11.9 Å². The van der Waals surface area contributed by atoms with Gasteiger partial charge >= 0.3 is 0 Å². The van der Waals surface area contributed by atoms with Crippen LogP contribution in [0.5, 0.6) is 0 Å². The Hall–Kier alpha value is -3.23. The van der Waals surface area contributed by atoms with Gasteiger partial charge in [0.1, 0.15) is 0 Å². The summed E-state index contributed by atoms with van der Waals surface area (Å²) in [6, 6.07) is 2.09. The van der Waals surface area contributed by atoms with Crippen LogP contribution in [-0.2, 0) is 11.8 Å². The molecular formula is C18H22N8O. The fraction of sp³-hybridized carbons (Fsp3) is 0.389. The number of nitrogens with one attached hydrogen (secondary N) is 1. The van der Waals surface area contributed by atoms with E-state index in [-0.39, 0.29) is 11.9 Å². The summed E-state index contributed by atoms with van der Waals surface area (Å²) < 4.78 is 3.63. The fourth-order valence-corrected chi connectivity index (χ4v) is 3.06. The number of nitrogens with zero attached hydrogens (tertiary/aromatic N) is 7. The quantitative estimate of drug-likeness (QED) is 0.717. The van der Waals surface area contributed by atoms with Gasteiger partial charge in [-0.15, -0.1) is 0 Å². The standard InChI is InChI=1S/C18H22N8O/c1-3-4-17(27)25-11-15(12-25)26-9-13(7-21-26)16-5-6-19-18(23-16)22-14-8-20-24(2)10-14/h5-10,15H,3-4,11-12H2,1-2H3,(H,19,22,23). The lowest BCUT2D eigenvalue weighted by Crippen LogP contribution is -2.50. The average molecular weight is 366 g/mol. The Bertz CT molecular complexity index is 940. The van der Waals surface area contributed by atoms with E-state index in [1.807, 2.05) is 42.0 Å². The van der Waals surface area contributed by atoms with Gasteiger partial charge in [-0.05, 0) is 12.5 Å². The van der Waals surface area contributed by atoms with Crippen molar-refractivity contribution in [2.75, 3.05) is 18.4 Å². The van der Waals surface area contributed by atoms with Crippen LogP contribution in [0.4, 0.5) is 11.6 Å². The summed E-state index contributed by atoms with van der Waals surface area (Å²) in [6.45, 7) is 3.46. The Morgan fingerprint density at radius 3 is 2.85 bits per heavy atom. The number of hydrogen-bond donors (Lipinski definition) is 1. The van der Waals surface area contributed by atoms with Gasteiger partial charge in [-0.3, -0.25) is 14.2 Å². The van der Waals surface area contributed by atoms with E-state index in [2.05, 4.69) is 25.5 Å². The highest BCUT2D eigenvalue weighted by Crippen LogP contribution is 2.25. The van der Waals surface area contributed by atoms with E-state index >= 15 is 0 Å². The lowest BCUT2D eigenvalue weighted by Gasteiger charge is -2.39. The molecule has 0 aliphatic carbocycles. The molecule has 4 heterocycles. The van der Waals surface area contributed by atoms with Crippen LogP contribution in [0.25, 0.3) is 11.3 Å². The SMILES string of the molecule is CCCC(=O)N1CC(n2cc(-c3ccnc(Nc4cnn(C)c4)n3)cn2)C1. The molecule has 27 heavy (non-hydrogen) atoms. The molecule has 9 nitrogen and oxygen atoms in total. The Morgan fingerprint density at radius 1 is 1.26 bits per heavy atom. The number of aryl methyl sites for hydroxylation is 1. The predicted octanol–water partition coefficient (Wildman–Crippen LogP) is 2.00. The third-order valence-corrected chi connectivity index (χ3v) is 4.57. The van der Waals surface area contributed by atoms with Gasteiger partial charge in [0.25, 0.3) is 0 Å². The van der Waals surface area contributed by atoms with Crippen LogP contribution < -0.4 is 5.32 Å². The maximum Gasteiger partial charge on any atom is 0.227 e. The molecule has 0 saturated carbocycles. The van der Waals surface area contributed by atoms with Crippen molar-refractivity contribution in [3.63, 3.8) is 0 Å². The van der Waals surface area contributed by atoms with Gasteiger partial charge in [-0.1, -0.05) is 6.92 Å². The molecule has 0 bridgehead atoms.